The van der Waals surface area contributed by atoms with Gasteiger partial charge in [0, 0.05) is 19.1 Å². The quantitative estimate of drug-likeness (QED) is 0.562. The van der Waals surface area contributed by atoms with E-state index in [1.54, 1.807) is 0 Å². The van der Waals surface area contributed by atoms with Crippen molar-refractivity contribution in [2.24, 2.45) is 5.92 Å². The van der Waals surface area contributed by atoms with E-state index in [-0.39, 0.29) is 0 Å². The van der Waals surface area contributed by atoms with Crippen LogP contribution in [0, 0.1) is 5.92 Å². The van der Waals surface area contributed by atoms with E-state index in [2.05, 4.69) is 11.8 Å². The van der Waals surface area contributed by atoms with Crippen LogP contribution in [0.15, 0.2) is 0 Å². The molecule has 2 nitrogen and oxygen atoms in total. The SMILES string of the molecule is C[C@@H]1CCC1N1CCOCC1. The van der Waals surface area contributed by atoms with Gasteiger partial charge in [-0.05, 0) is 18.8 Å². The van der Waals surface area contributed by atoms with E-state index < -0.39 is 0 Å². The summed E-state index contributed by atoms with van der Waals surface area (Å²) >= 11 is 0. The fraction of sp³-hybridized carbons (Fsp3) is 1.00. The molecule has 0 amide bonds. The molecule has 1 aliphatic heterocycles. The first-order valence-corrected chi connectivity index (χ1v) is 4.70. The van der Waals surface area contributed by atoms with Crippen molar-refractivity contribution in [2.75, 3.05) is 26.3 Å². The highest BCUT2D eigenvalue weighted by molar-refractivity contribution is 4.86. The molecule has 2 rings (SSSR count). The first-order chi connectivity index (χ1) is 5.38. The van der Waals surface area contributed by atoms with Gasteiger partial charge in [0.05, 0.1) is 13.2 Å². The Morgan fingerprint density at radius 2 is 1.91 bits per heavy atom. The third kappa shape index (κ3) is 1.42. The van der Waals surface area contributed by atoms with Crippen LogP contribution in [0.5, 0.6) is 0 Å². The lowest BCUT2D eigenvalue weighted by Gasteiger charge is -2.44. The summed E-state index contributed by atoms with van der Waals surface area (Å²) in [6.45, 7) is 6.58. The zero-order chi connectivity index (χ0) is 7.68. The van der Waals surface area contributed by atoms with Crippen molar-refractivity contribution in [1.82, 2.24) is 4.90 Å². The smallest absolute Gasteiger partial charge is 0.0594 e. The molecule has 1 unspecified atom stereocenters. The Morgan fingerprint density at radius 1 is 1.18 bits per heavy atom. The molecule has 1 heterocycles. The van der Waals surface area contributed by atoms with Gasteiger partial charge >= 0.3 is 0 Å². The third-order valence-electron chi connectivity index (χ3n) is 3.09. The summed E-state index contributed by atoms with van der Waals surface area (Å²) in [6, 6.07) is 0.888. The molecule has 0 bridgehead atoms. The predicted octanol–water partition coefficient (Wildman–Crippen LogP) is 1.12. The number of hydrogen-bond donors (Lipinski definition) is 0. The topological polar surface area (TPSA) is 12.5 Å². The Balaban J connectivity index is 1.83. The maximum atomic E-state index is 5.31. The van der Waals surface area contributed by atoms with E-state index in [1.165, 1.54) is 12.8 Å². The van der Waals surface area contributed by atoms with E-state index in [1.807, 2.05) is 0 Å². The summed E-state index contributed by atoms with van der Waals surface area (Å²) in [5.41, 5.74) is 0. The summed E-state index contributed by atoms with van der Waals surface area (Å²) in [5, 5.41) is 0. The molecule has 1 aliphatic carbocycles. The molecule has 2 atom stereocenters. The molecule has 0 N–H and O–H groups in total. The average Bonchev–Trinajstić information content (AvgIpc) is 2.04. The lowest BCUT2D eigenvalue weighted by molar-refractivity contribution is -0.0213. The largest absolute Gasteiger partial charge is 0.379 e. The van der Waals surface area contributed by atoms with Crippen molar-refractivity contribution < 1.29 is 4.74 Å². The van der Waals surface area contributed by atoms with Crippen molar-refractivity contribution in [1.29, 1.82) is 0 Å². The highest BCUT2D eigenvalue weighted by atomic mass is 16.5. The molecule has 2 aliphatic rings. The first kappa shape index (κ1) is 7.56. The summed E-state index contributed by atoms with van der Waals surface area (Å²) in [5.74, 6) is 0.938. The molecule has 11 heavy (non-hydrogen) atoms. The normalized spacial score (nSPS) is 40.1. The maximum Gasteiger partial charge on any atom is 0.0594 e. The molecule has 0 aromatic rings. The van der Waals surface area contributed by atoms with Crippen LogP contribution in [0.4, 0.5) is 0 Å². The zero-order valence-corrected chi connectivity index (χ0v) is 7.25. The van der Waals surface area contributed by atoms with Gasteiger partial charge in [-0.2, -0.15) is 0 Å². The number of ether oxygens (including phenoxy) is 1. The van der Waals surface area contributed by atoms with Crippen LogP contribution in [0.1, 0.15) is 19.8 Å². The van der Waals surface area contributed by atoms with E-state index in [4.69, 9.17) is 4.74 Å². The van der Waals surface area contributed by atoms with Gasteiger partial charge in [0.1, 0.15) is 0 Å². The highest BCUT2D eigenvalue weighted by Crippen LogP contribution is 2.31. The second kappa shape index (κ2) is 3.11. The fourth-order valence-electron chi connectivity index (χ4n) is 2.10. The van der Waals surface area contributed by atoms with Gasteiger partial charge in [-0.25, -0.2) is 0 Å². The minimum Gasteiger partial charge on any atom is -0.379 e. The lowest BCUT2D eigenvalue weighted by atomic mass is 9.80. The van der Waals surface area contributed by atoms with Crippen molar-refractivity contribution in [3.8, 4) is 0 Å². The fourth-order valence-corrected chi connectivity index (χ4v) is 2.10. The Labute approximate surface area is 68.5 Å². The summed E-state index contributed by atoms with van der Waals surface area (Å²) in [4.78, 5) is 2.59. The highest BCUT2D eigenvalue weighted by Gasteiger charge is 2.32. The van der Waals surface area contributed by atoms with Crippen LogP contribution in [0.25, 0.3) is 0 Å². The summed E-state index contributed by atoms with van der Waals surface area (Å²) in [7, 11) is 0. The van der Waals surface area contributed by atoms with E-state index in [0.29, 0.717) is 0 Å². The van der Waals surface area contributed by atoms with Crippen LogP contribution in [0.3, 0.4) is 0 Å². The molecule has 1 saturated heterocycles. The number of morpholine rings is 1. The summed E-state index contributed by atoms with van der Waals surface area (Å²) in [6.07, 6.45) is 2.85. The molecular formula is C9H17NO. The Bertz CT molecular complexity index is 132. The number of rotatable bonds is 1. The summed E-state index contributed by atoms with van der Waals surface area (Å²) < 4.78 is 5.31. The Kier molecular flexibility index (Phi) is 2.14. The molecule has 0 aromatic carbocycles. The van der Waals surface area contributed by atoms with Crippen LogP contribution in [-0.2, 0) is 4.74 Å². The van der Waals surface area contributed by atoms with Crippen molar-refractivity contribution >= 4 is 0 Å². The number of hydrogen-bond acceptors (Lipinski definition) is 2. The van der Waals surface area contributed by atoms with Crippen LogP contribution >= 0.6 is 0 Å². The molecule has 2 fully saturated rings. The molecule has 0 aromatic heterocycles. The second-order valence-electron chi connectivity index (χ2n) is 3.77. The lowest BCUT2D eigenvalue weighted by Crippen LogP contribution is -2.50. The molecule has 0 radical (unpaired) electrons. The molecular weight excluding hydrogens is 138 g/mol. The molecule has 0 spiro atoms. The van der Waals surface area contributed by atoms with Crippen molar-refractivity contribution in [2.45, 2.75) is 25.8 Å². The van der Waals surface area contributed by atoms with Crippen LogP contribution < -0.4 is 0 Å². The van der Waals surface area contributed by atoms with Crippen LogP contribution in [-0.4, -0.2) is 37.2 Å². The molecule has 64 valence electrons. The predicted molar refractivity (Wildman–Crippen MR) is 44.6 cm³/mol. The molecule has 1 saturated carbocycles. The molecule has 2 heteroatoms. The first-order valence-electron chi connectivity index (χ1n) is 4.70. The third-order valence-corrected chi connectivity index (χ3v) is 3.09. The maximum absolute atomic E-state index is 5.31. The van der Waals surface area contributed by atoms with E-state index in [9.17, 15) is 0 Å². The van der Waals surface area contributed by atoms with Gasteiger partial charge in [0.15, 0.2) is 0 Å². The minimum atomic E-state index is 0.888. The zero-order valence-electron chi connectivity index (χ0n) is 7.25. The van der Waals surface area contributed by atoms with Gasteiger partial charge in [0.2, 0.25) is 0 Å². The minimum absolute atomic E-state index is 0.888. The van der Waals surface area contributed by atoms with Crippen LogP contribution in [0.2, 0.25) is 0 Å². The van der Waals surface area contributed by atoms with Gasteiger partial charge in [-0.15, -0.1) is 0 Å². The monoisotopic (exact) mass is 155 g/mol. The van der Waals surface area contributed by atoms with Gasteiger partial charge in [-0.1, -0.05) is 6.92 Å². The van der Waals surface area contributed by atoms with Gasteiger partial charge in [0.25, 0.3) is 0 Å². The second-order valence-corrected chi connectivity index (χ2v) is 3.77. The van der Waals surface area contributed by atoms with E-state index in [0.717, 1.165) is 38.3 Å². The van der Waals surface area contributed by atoms with Gasteiger partial charge < -0.3 is 4.74 Å². The van der Waals surface area contributed by atoms with Gasteiger partial charge in [-0.3, -0.25) is 4.90 Å². The van der Waals surface area contributed by atoms with Crippen molar-refractivity contribution in [3.63, 3.8) is 0 Å². The number of nitrogens with zero attached hydrogens (tertiary/aromatic N) is 1. The standard InChI is InChI=1S/C9H17NO/c1-8-2-3-9(8)10-4-6-11-7-5-10/h8-9H,2-7H2,1H3/t8-,9?/m1/s1. The Morgan fingerprint density at radius 3 is 2.36 bits per heavy atom. The average molecular weight is 155 g/mol. The van der Waals surface area contributed by atoms with Crippen molar-refractivity contribution in [3.05, 3.63) is 0 Å². The Hall–Kier alpha value is -0.0800. The van der Waals surface area contributed by atoms with E-state index >= 15 is 0 Å².